The van der Waals surface area contributed by atoms with Crippen LogP contribution in [0, 0.1) is 0 Å². The van der Waals surface area contributed by atoms with Gasteiger partial charge in [0.15, 0.2) is 17.3 Å². The molecule has 0 bridgehead atoms. The van der Waals surface area contributed by atoms with E-state index in [1.807, 2.05) is 6.92 Å². The molecule has 1 unspecified atom stereocenters. The Morgan fingerprint density at radius 1 is 1.41 bits per heavy atom. The molecule has 1 aliphatic carbocycles. The third-order valence-corrected chi connectivity index (χ3v) is 3.54. The lowest BCUT2D eigenvalue weighted by atomic mass is 10.00. The molecule has 6 nitrogen and oxygen atoms in total. The largest absolute Gasteiger partial charge is 0.504 e. The summed E-state index contributed by atoms with van der Waals surface area (Å²) in [6.45, 7) is 2.05. The molecule has 0 saturated heterocycles. The smallest absolute Gasteiger partial charge is 0.334 e. The number of carbonyl (C=O) groups is 2. The van der Waals surface area contributed by atoms with Crippen LogP contribution in [0.1, 0.15) is 35.7 Å². The molecule has 1 aliphatic rings. The fourth-order valence-electron chi connectivity index (χ4n) is 2.16. The fourth-order valence-corrected chi connectivity index (χ4v) is 2.37. The Bertz CT molecular complexity index is 664. The van der Waals surface area contributed by atoms with Crippen molar-refractivity contribution < 1.29 is 29.6 Å². The lowest BCUT2D eigenvalue weighted by molar-refractivity contribution is -0.139. The highest BCUT2D eigenvalue weighted by Crippen LogP contribution is 2.41. The zero-order chi connectivity index (χ0) is 16.4. The minimum atomic E-state index is -1.52. The molecule has 1 atom stereocenters. The number of esters is 1. The number of aliphatic hydroxyl groups is 1. The number of benzene rings is 1. The maximum Gasteiger partial charge on any atom is 0.334 e. The van der Waals surface area contributed by atoms with Gasteiger partial charge in [0.2, 0.25) is 0 Å². The summed E-state index contributed by atoms with van der Waals surface area (Å²) in [6, 6.07) is 1.25. The van der Waals surface area contributed by atoms with Crippen LogP contribution >= 0.6 is 11.6 Å². The summed E-state index contributed by atoms with van der Waals surface area (Å²) in [5.41, 5.74) is -0.0350. The zero-order valence-corrected chi connectivity index (χ0v) is 12.6. The molecule has 0 heterocycles. The number of phenols is 2. The number of hydrogen-bond donors (Lipinski definition) is 3. The van der Waals surface area contributed by atoms with Crippen molar-refractivity contribution in [1.29, 1.82) is 0 Å². The van der Waals surface area contributed by atoms with E-state index < -0.39 is 29.4 Å². The first kappa shape index (κ1) is 16.3. The minimum absolute atomic E-state index is 0.0919. The van der Waals surface area contributed by atoms with Crippen LogP contribution in [-0.4, -0.2) is 39.8 Å². The summed E-state index contributed by atoms with van der Waals surface area (Å²) in [7, 11) is 0. The Labute approximate surface area is 131 Å². The molecule has 0 saturated carbocycles. The summed E-state index contributed by atoms with van der Waals surface area (Å²) in [5, 5.41) is 29.3. The first-order valence-electron chi connectivity index (χ1n) is 6.71. The molecule has 0 amide bonds. The number of hydrogen-bond acceptors (Lipinski definition) is 6. The van der Waals surface area contributed by atoms with Crippen molar-refractivity contribution in [2.24, 2.45) is 0 Å². The van der Waals surface area contributed by atoms with E-state index in [0.29, 0.717) is 6.42 Å². The van der Waals surface area contributed by atoms with Crippen LogP contribution in [0.25, 0.3) is 6.08 Å². The van der Waals surface area contributed by atoms with Crippen molar-refractivity contribution in [3.8, 4) is 11.5 Å². The van der Waals surface area contributed by atoms with E-state index in [9.17, 15) is 24.9 Å². The maximum absolute atomic E-state index is 12.2. The van der Waals surface area contributed by atoms with Gasteiger partial charge >= 0.3 is 5.97 Å². The van der Waals surface area contributed by atoms with Crippen molar-refractivity contribution in [1.82, 2.24) is 0 Å². The van der Waals surface area contributed by atoms with E-state index in [1.165, 1.54) is 12.1 Å². The van der Waals surface area contributed by atoms with Gasteiger partial charge in [-0.15, -0.1) is 0 Å². The van der Waals surface area contributed by atoms with E-state index in [0.717, 1.165) is 0 Å². The second-order valence-electron chi connectivity index (χ2n) is 4.91. The van der Waals surface area contributed by atoms with E-state index in [2.05, 4.69) is 0 Å². The van der Waals surface area contributed by atoms with E-state index in [-0.39, 0.29) is 34.8 Å². The Hall–Kier alpha value is -2.05. The van der Waals surface area contributed by atoms with Crippen molar-refractivity contribution in [3.05, 3.63) is 27.8 Å². The molecule has 0 spiro atoms. The molecular formula is C15H15ClO6. The molecular weight excluding hydrogens is 312 g/mol. The molecule has 1 aromatic rings. The molecule has 2 rings (SSSR count). The lowest BCUT2D eigenvalue weighted by Crippen LogP contribution is -2.22. The molecule has 3 N–H and O–H groups in total. The Balaban J connectivity index is 2.54. The van der Waals surface area contributed by atoms with E-state index in [1.54, 1.807) is 0 Å². The van der Waals surface area contributed by atoms with Crippen LogP contribution < -0.4 is 0 Å². The van der Waals surface area contributed by atoms with Gasteiger partial charge in [-0.2, -0.15) is 0 Å². The number of aliphatic hydroxyl groups excluding tert-OH is 1. The maximum atomic E-state index is 12.2. The molecule has 0 aliphatic heterocycles. The van der Waals surface area contributed by atoms with Crippen molar-refractivity contribution >= 4 is 29.4 Å². The van der Waals surface area contributed by atoms with E-state index >= 15 is 0 Å². The van der Waals surface area contributed by atoms with Crippen molar-refractivity contribution in [3.63, 3.8) is 0 Å². The summed E-state index contributed by atoms with van der Waals surface area (Å²) < 4.78 is 4.99. The van der Waals surface area contributed by atoms with Crippen molar-refractivity contribution in [2.45, 2.75) is 25.9 Å². The molecule has 0 fully saturated rings. The second kappa shape index (κ2) is 6.37. The van der Waals surface area contributed by atoms with Crippen LogP contribution in [0.2, 0.25) is 5.02 Å². The van der Waals surface area contributed by atoms with Gasteiger partial charge in [-0.1, -0.05) is 18.5 Å². The highest BCUT2D eigenvalue weighted by atomic mass is 35.5. The standard InChI is InChI=1S/C15H15ClO6/c1-2-3-22-15(21)8-4-7-5-9(16)12(18)14(20)11(7)13(19)10(17)6-8/h4-5,10,17-18,20H,2-3,6H2,1H3. The molecule has 0 radical (unpaired) electrons. The Kier molecular flexibility index (Phi) is 4.73. The first-order valence-corrected chi connectivity index (χ1v) is 7.09. The van der Waals surface area contributed by atoms with Gasteiger partial charge < -0.3 is 20.1 Å². The third-order valence-electron chi connectivity index (χ3n) is 3.25. The molecule has 1 aromatic carbocycles. The number of halogens is 1. The highest BCUT2D eigenvalue weighted by molar-refractivity contribution is 6.33. The molecule has 0 aromatic heterocycles. The predicted octanol–water partition coefficient (Wildman–Crippen LogP) is 2.04. The number of ether oxygens (including phenoxy) is 1. The number of Topliss-reactive ketones (excluding diaryl/α,β-unsaturated/α-hetero) is 1. The summed E-state index contributed by atoms with van der Waals surface area (Å²) >= 11 is 5.77. The van der Waals surface area contributed by atoms with Crippen LogP contribution in [-0.2, 0) is 9.53 Å². The Morgan fingerprint density at radius 3 is 2.73 bits per heavy atom. The van der Waals surface area contributed by atoms with Gasteiger partial charge in [-0.05, 0) is 24.1 Å². The van der Waals surface area contributed by atoms with Crippen LogP contribution in [0.15, 0.2) is 11.6 Å². The second-order valence-corrected chi connectivity index (χ2v) is 5.32. The third kappa shape index (κ3) is 2.93. The van der Waals surface area contributed by atoms with E-state index in [4.69, 9.17) is 16.3 Å². The topological polar surface area (TPSA) is 104 Å². The number of rotatable bonds is 3. The highest BCUT2D eigenvalue weighted by Gasteiger charge is 2.31. The van der Waals surface area contributed by atoms with Gasteiger partial charge in [-0.3, -0.25) is 4.79 Å². The first-order chi connectivity index (χ1) is 10.4. The van der Waals surface area contributed by atoms with Crippen LogP contribution in [0.4, 0.5) is 0 Å². The van der Waals surface area contributed by atoms with Gasteiger partial charge in [-0.25, -0.2) is 4.79 Å². The molecule has 7 heteroatoms. The Morgan fingerprint density at radius 2 is 2.09 bits per heavy atom. The van der Waals surface area contributed by atoms with Crippen LogP contribution in [0.3, 0.4) is 0 Å². The quantitative estimate of drug-likeness (QED) is 0.580. The number of fused-ring (bicyclic) bond motifs is 1. The normalized spacial score (nSPS) is 17.5. The monoisotopic (exact) mass is 326 g/mol. The number of phenolic OH excluding ortho intramolecular Hbond substituents is 2. The summed E-state index contributed by atoms with van der Waals surface area (Å²) in [6.07, 6.45) is 0.200. The average molecular weight is 327 g/mol. The SMILES string of the molecule is CCCOC(=O)C1=Cc2cc(Cl)c(O)c(O)c2C(=O)C(O)C1. The number of carbonyl (C=O) groups excluding carboxylic acids is 2. The minimum Gasteiger partial charge on any atom is -0.504 e. The fraction of sp³-hybridized carbons (Fsp3) is 0.333. The van der Waals surface area contributed by atoms with Gasteiger partial charge in [0, 0.05) is 12.0 Å². The van der Waals surface area contributed by atoms with Gasteiger partial charge in [0.1, 0.15) is 6.10 Å². The predicted molar refractivity (Wildman–Crippen MR) is 79.0 cm³/mol. The average Bonchev–Trinajstić information content (AvgIpc) is 2.60. The molecule has 22 heavy (non-hydrogen) atoms. The lowest BCUT2D eigenvalue weighted by Gasteiger charge is -2.11. The summed E-state index contributed by atoms with van der Waals surface area (Å²) in [4.78, 5) is 24.1. The number of ketones is 1. The van der Waals surface area contributed by atoms with Gasteiger partial charge in [0.25, 0.3) is 0 Å². The summed E-state index contributed by atoms with van der Waals surface area (Å²) in [5.74, 6) is -2.81. The zero-order valence-electron chi connectivity index (χ0n) is 11.8. The van der Waals surface area contributed by atoms with Crippen molar-refractivity contribution in [2.75, 3.05) is 6.61 Å². The van der Waals surface area contributed by atoms with Gasteiger partial charge in [0.05, 0.1) is 17.2 Å². The van der Waals surface area contributed by atoms with Crippen LogP contribution in [0.5, 0.6) is 11.5 Å². The molecule has 118 valence electrons. The number of aromatic hydroxyl groups is 2.